The van der Waals surface area contributed by atoms with Gasteiger partial charge in [0.1, 0.15) is 11.6 Å². The monoisotopic (exact) mass is 407 g/mol. The van der Waals surface area contributed by atoms with E-state index in [1.165, 1.54) is 6.07 Å². The summed E-state index contributed by atoms with van der Waals surface area (Å²) >= 11 is 5.77. The van der Waals surface area contributed by atoms with Gasteiger partial charge in [0.2, 0.25) is 0 Å². The molecule has 0 bridgehead atoms. The van der Waals surface area contributed by atoms with E-state index in [4.69, 9.17) is 28.2 Å². The molecule has 10 nitrogen and oxygen atoms in total. The standard InChI is InChI=1S/C16H15ClFN7O3/c1-2-25-9-3-6(16(27)28)7(18)4-8(9)22-10(25)5-21-15(26)11-13(19)24-14(20)12(17)23-11/h3-4H,2,5H2,1H3,(H,21,26)(H,27,28)(H4,19,20,24). The number of anilines is 2. The first-order valence-electron chi connectivity index (χ1n) is 8.01. The average molecular weight is 408 g/mol. The van der Waals surface area contributed by atoms with Crippen molar-refractivity contribution < 1.29 is 19.1 Å². The van der Waals surface area contributed by atoms with Gasteiger partial charge in [-0.25, -0.2) is 24.1 Å². The topological polar surface area (TPSA) is 162 Å². The summed E-state index contributed by atoms with van der Waals surface area (Å²) in [7, 11) is 0. The summed E-state index contributed by atoms with van der Waals surface area (Å²) in [5.41, 5.74) is 11.2. The molecule has 3 rings (SSSR count). The molecule has 0 unspecified atom stereocenters. The first-order valence-corrected chi connectivity index (χ1v) is 8.39. The second kappa shape index (κ2) is 7.27. The molecule has 0 atom stereocenters. The highest BCUT2D eigenvalue weighted by atomic mass is 35.5. The van der Waals surface area contributed by atoms with Crippen LogP contribution in [0.1, 0.15) is 33.6 Å². The summed E-state index contributed by atoms with van der Waals surface area (Å²) in [5, 5.41) is 11.5. The predicted octanol–water partition coefficient (Wildman–Crippen LogP) is 1.43. The fraction of sp³-hybridized carbons (Fsp3) is 0.188. The van der Waals surface area contributed by atoms with E-state index in [2.05, 4.69) is 20.3 Å². The van der Waals surface area contributed by atoms with E-state index in [1.807, 2.05) is 0 Å². The van der Waals surface area contributed by atoms with Crippen LogP contribution < -0.4 is 16.8 Å². The predicted molar refractivity (Wildman–Crippen MR) is 99.4 cm³/mol. The molecule has 1 amide bonds. The average Bonchev–Trinajstić information content (AvgIpc) is 2.97. The van der Waals surface area contributed by atoms with Crippen LogP contribution in [-0.2, 0) is 13.1 Å². The Morgan fingerprint density at radius 2 is 1.96 bits per heavy atom. The number of carboxylic acid groups (broad SMARTS) is 1. The van der Waals surface area contributed by atoms with E-state index in [1.54, 1.807) is 11.5 Å². The Labute approximate surface area is 162 Å². The smallest absolute Gasteiger partial charge is 0.338 e. The highest BCUT2D eigenvalue weighted by molar-refractivity contribution is 6.31. The minimum Gasteiger partial charge on any atom is -0.478 e. The largest absolute Gasteiger partial charge is 0.478 e. The van der Waals surface area contributed by atoms with Gasteiger partial charge in [-0.2, -0.15) is 0 Å². The molecule has 0 fully saturated rings. The number of halogens is 2. The lowest BCUT2D eigenvalue weighted by Gasteiger charge is -2.09. The molecule has 0 spiro atoms. The van der Waals surface area contributed by atoms with Crippen molar-refractivity contribution >= 4 is 46.1 Å². The van der Waals surface area contributed by atoms with Crippen LogP contribution in [0.5, 0.6) is 0 Å². The molecule has 6 N–H and O–H groups in total. The van der Waals surface area contributed by atoms with E-state index in [0.717, 1.165) is 6.07 Å². The van der Waals surface area contributed by atoms with Crippen molar-refractivity contribution in [2.75, 3.05) is 11.5 Å². The normalized spacial score (nSPS) is 11.0. The summed E-state index contributed by atoms with van der Waals surface area (Å²) in [4.78, 5) is 35.3. The number of nitrogen functional groups attached to an aromatic ring is 2. The number of aromatic nitrogens is 4. The number of nitrogens with zero attached hydrogens (tertiary/aromatic N) is 4. The van der Waals surface area contributed by atoms with Gasteiger partial charge >= 0.3 is 5.97 Å². The van der Waals surface area contributed by atoms with Gasteiger partial charge in [-0.05, 0) is 13.0 Å². The third-order valence-electron chi connectivity index (χ3n) is 3.99. The molecular weight excluding hydrogens is 393 g/mol. The number of hydrogen-bond acceptors (Lipinski definition) is 7. The number of carbonyl (C=O) groups is 2. The van der Waals surface area contributed by atoms with Crippen molar-refractivity contribution in [1.82, 2.24) is 24.8 Å². The van der Waals surface area contributed by atoms with Crippen molar-refractivity contribution in [2.24, 2.45) is 0 Å². The first-order chi connectivity index (χ1) is 13.2. The zero-order valence-corrected chi connectivity index (χ0v) is 15.3. The van der Waals surface area contributed by atoms with Gasteiger partial charge < -0.3 is 26.5 Å². The van der Waals surface area contributed by atoms with Gasteiger partial charge in [-0.15, -0.1) is 0 Å². The van der Waals surface area contributed by atoms with Crippen molar-refractivity contribution in [1.29, 1.82) is 0 Å². The number of hydrogen-bond donors (Lipinski definition) is 4. The van der Waals surface area contributed by atoms with Crippen LogP contribution in [0.25, 0.3) is 11.0 Å². The molecule has 12 heteroatoms. The number of carboxylic acids is 1. The fourth-order valence-corrected chi connectivity index (χ4v) is 2.83. The minimum atomic E-state index is -1.38. The molecule has 0 saturated carbocycles. The molecule has 0 saturated heterocycles. The summed E-state index contributed by atoms with van der Waals surface area (Å²) in [6.45, 7) is 2.18. The van der Waals surface area contributed by atoms with E-state index in [0.29, 0.717) is 17.9 Å². The van der Waals surface area contributed by atoms with E-state index in [9.17, 15) is 14.0 Å². The molecule has 1 aromatic carbocycles. The molecule has 0 aliphatic rings. The Balaban J connectivity index is 1.91. The van der Waals surface area contributed by atoms with Crippen molar-refractivity contribution in [2.45, 2.75) is 20.0 Å². The lowest BCUT2D eigenvalue weighted by Crippen LogP contribution is -2.27. The Kier molecular flexibility index (Phi) is 5.01. The number of imidazole rings is 1. The third-order valence-corrected chi connectivity index (χ3v) is 4.27. The summed E-state index contributed by atoms with van der Waals surface area (Å²) in [6, 6.07) is 2.25. The second-order valence-corrected chi connectivity index (χ2v) is 6.07. The Bertz CT molecular complexity index is 1120. The number of rotatable bonds is 5. The maximum Gasteiger partial charge on any atom is 0.338 e. The zero-order valence-electron chi connectivity index (χ0n) is 14.5. The van der Waals surface area contributed by atoms with E-state index >= 15 is 0 Å². The van der Waals surface area contributed by atoms with Gasteiger partial charge in [-0.3, -0.25) is 4.79 Å². The molecule has 3 aromatic rings. The summed E-state index contributed by atoms with van der Waals surface area (Å²) in [5.74, 6) is -2.82. The number of amides is 1. The van der Waals surface area contributed by atoms with Crippen molar-refractivity contribution in [3.8, 4) is 0 Å². The lowest BCUT2D eigenvalue weighted by atomic mass is 10.2. The Morgan fingerprint density at radius 1 is 1.25 bits per heavy atom. The molecule has 0 aliphatic carbocycles. The molecular formula is C16H15ClFN7O3. The number of nitrogens with two attached hydrogens (primary N) is 2. The number of fused-ring (bicyclic) bond motifs is 1. The second-order valence-electron chi connectivity index (χ2n) is 5.71. The highest BCUT2D eigenvalue weighted by Crippen LogP contribution is 2.22. The van der Waals surface area contributed by atoms with Crippen LogP contribution in [0, 0.1) is 5.82 Å². The van der Waals surface area contributed by atoms with Crippen LogP contribution in [0.4, 0.5) is 16.0 Å². The highest BCUT2D eigenvalue weighted by Gasteiger charge is 2.19. The Hall–Kier alpha value is -3.47. The number of aromatic carboxylic acids is 1. The van der Waals surface area contributed by atoms with Crippen LogP contribution in [0.2, 0.25) is 5.15 Å². The quantitative estimate of drug-likeness (QED) is 0.493. The number of aryl methyl sites for hydroxylation is 1. The summed E-state index contributed by atoms with van der Waals surface area (Å²) in [6.07, 6.45) is 0. The van der Waals surface area contributed by atoms with E-state index in [-0.39, 0.29) is 34.5 Å². The lowest BCUT2D eigenvalue weighted by molar-refractivity contribution is 0.0691. The van der Waals surface area contributed by atoms with Crippen LogP contribution in [0.3, 0.4) is 0 Å². The molecule has 146 valence electrons. The molecule has 28 heavy (non-hydrogen) atoms. The maximum absolute atomic E-state index is 13.9. The van der Waals surface area contributed by atoms with Crippen LogP contribution >= 0.6 is 11.6 Å². The minimum absolute atomic E-state index is 0.0471. The summed E-state index contributed by atoms with van der Waals surface area (Å²) < 4.78 is 15.6. The van der Waals surface area contributed by atoms with Crippen molar-refractivity contribution in [3.63, 3.8) is 0 Å². The van der Waals surface area contributed by atoms with Crippen LogP contribution in [-0.4, -0.2) is 36.5 Å². The first kappa shape index (κ1) is 19.3. The Morgan fingerprint density at radius 3 is 2.61 bits per heavy atom. The van der Waals surface area contributed by atoms with Gasteiger partial charge in [0.25, 0.3) is 5.91 Å². The molecule has 0 aliphatic heterocycles. The van der Waals surface area contributed by atoms with Gasteiger partial charge in [0, 0.05) is 12.6 Å². The van der Waals surface area contributed by atoms with Crippen molar-refractivity contribution in [3.05, 3.63) is 40.2 Å². The molecule has 0 radical (unpaired) electrons. The molecule has 2 heterocycles. The SMILES string of the molecule is CCn1c(CNC(=O)c2nc(Cl)c(N)nc2N)nc2cc(F)c(C(=O)O)cc21. The van der Waals surface area contributed by atoms with Gasteiger partial charge in [-0.1, -0.05) is 11.6 Å². The third kappa shape index (κ3) is 3.39. The van der Waals surface area contributed by atoms with Gasteiger partial charge in [0.15, 0.2) is 22.5 Å². The number of nitrogens with one attached hydrogen (secondary N) is 1. The molecule has 2 aromatic heterocycles. The zero-order chi connectivity index (χ0) is 20.6. The fourth-order valence-electron chi connectivity index (χ4n) is 2.70. The number of carbonyl (C=O) groups excluding carboxylic acids is 1. The van der Waals surface area contributed by atoms with Gasteiger partial charge in [0.05, 0.1) is 23.1 Å². The van der Waals surface area contributed by atoms with E-state index < -0.39 is 23.3 Å². The maximum atomic E-state index is 13.9. The van der Waals surface area contributed by atoms with Crippen LogP contribution in [0.15, 0.2) is 12.1 Å². The number of benzene rings is 1.